The Kier molecular flexibility index (Phi) is 5.33. The summed E-state index contributed by atoms with van der Waals surface area (Å²) in [6.07, 6.45) is 0.759. The van der Waals surface area contributed by atoms with E-state index < -0.39 is 0 Å². The molecule has 0 saturated carbocycles. The topological polar surface area (TPSA) is 32.3 Å². The maximum atomic E-state index is 9.09. The first-order valence-corrected chi connectivity index (χ1v) is 7.19. The minimum atomic E-state index is 0.165. The maximum Gasteiger partial charge on any atom is 0.0578 e. The zero-order valence-electron chi connectivity index (χ0n) is 12.2. The fourth-order valence-corrected chi connectivity index (χ4v) is 2.35. The summed E-state index contributed by atoms with van der Waals surface area (Å²) in [4.78, 5) is 0. The predicted octanol–water partition coefficient (Wildman–Crippen LogP) is 3.44. The zero-order valence-corrected chi connectivity index (χ0v) is 12.2. The molecule has 0 spiro atoms. The molecule has 0 aliphatic heterocycles. The van der Waals surface area contributed by atoms with Crippen molar-refractivity contribution in [3.63, 3.8) is 0 Å². The van der Waals surface area contributed by atoms with Gasteiger partial charge in [0.25, 0.3) is 0 Å². The first-order chi connectivity index (χ1) is 9.70. The van der Waals surface area contributed by atoms with Crippen LogP contribution in [0.1, 0.15) is 36.1 Å². The summed E-state index contributed by atoms with van der Waals surface area (Å²) in [6, 6.07) is 19.5. The molecule has 2 nitrogen and oxygen atoms in total. The van der Waals surface area contributed by atoms with E-state index in [2.05, 4.69) is 67.7 Å². The Morgan fingerprint density at radius 3 is 2.15 bits per heavy atom. The summed E-state index contributed by atoms with van der Waals surface area (Å²) in [5.74, 6) is 0. The fraction of sp³-hybridized carbons (Fsp3) is 0.333. The molecule has 0 fully saturated rings. The number of hydrogen-bond donors (Lipinski definition) is 2. The average molecular weight is 269 g/mol. The monoisotopic (exact) mass is 269 g/mol. The third-order valence-electron chi connectivity index (χ3n) is 3.56. The predicted molar refractivity (Wildman–Crippen MR) is 83.8 cm³/mol. The maximum absolute atomic E-state index is 9.09. The van der Waals surface area contributed by atoms with Crippen LogP contribution in [0, 0.1) is 6.92 Å². The van der Waals surface area contributed by atoms with Crippen LogP contribution >= 0.6 is 0 Å². The van der Waals surface area contributed by atoms with Gasteiger partial charge in [-0.25, -0.2) is 0 Å². The largest absolute Gasteiger partial charge is 0.396 e. The van der Waals surface area contributed by atoms with Crippen LogP contribution in [-0.4, -0.2) is 17.8 Å². The van der Waals surface area contributed by atoms with Gasteiger partial charge in [0.1, 0.15) is 0 Å². The first kappa shape index (κ1) is 14.8. The molecule has 2 heteroatoms. The number of hydrogen-bond acceptors (Lipinski definition) is 2. The van der Waals surface area contributed by atoms with Crippen molar-refractivity contribution in [3.8, 4) is 0 Å². The van der Waals surface area contributed by atoms with E-state index in [0.29, 0.717) is 0 Å². The molecule has 106 valence electrons. The van der Waals surface area contributed by atoms with Crippen LogP contribution in [-0.2, 0) is 0 Å². The summed E-state index contributed by atoms with van der Waals surface area (Å²) in [5.41, 5.74) is 3.77. The van der Waals surface area contributed by atoms with Crippen molar-refractivity contribution in [2.45, 2.75) is 32.4 Å². The molecule has 1 unspecified atom stereocenters. The highest BCUT2D eigenvalue weighted by molar-refractivity contribution is 5.33. The minimum Gasteiger partial charge on any atom is -0.396 e. The Morgan fingerprint density at radius 1 is 0.950 bits per heavy atom. The lowest BCUT2D eigenvalue weighted by Crippen LogP contribution is -2.32. The summed E-state index contributed by atoms with van der Waals surface area (Å²) >= 11 is 0. The molecule has 2 N–H and O–H groups in total. The zero-order chi connectivity index (χ0) is 14.4. The molecule has 20 heavy (non-hydrogen) atoms. The molecule has 0 aromatic heterocycles. The van der Waals surface area contributed by atoms with Gasteiger partial charge < -0.3 is 10.4 Å². The van der Waals surface area contributed by atoms with Crippen LogP contribution < -0.4 is 5.32 Å². The van der Waals surface area contributed by atoms with Crippen LogP contribution in [0.15, 0.2) is 54.6 Å². The van der Waals surface area contributed by atoms with Gasteiger partial charge in [-0.15, -0.1) is 0 Å². The van der Waals surface area contributed by atoms with E-state index >= 15 is 0 Å². The Labute approximate surface area is 121 Å². The number of aliphatic hydroxyl groups excluding tert-OH is 1. The number of rotatable bonds is 6. The van der Waals surface area contributed by atoms with E-state index in [0.717, 1.165) is 6.42 Å². The molecule has 2 atom stereocenters. The molecule has 0 bridgehead atoms. The molecule has 0 saturated heterocycles. The van der Waals surface area contributed by atoms with E-state index in [4.69, 9.17) is 5.11 Å². The molecule has 0 heterocycles. The average Bonchev–Trinajstić information content (AvgIpc) is 2.47. The van der Waals surface area contributed by atoms with Crippen LogP contribution in [0.3, 0.4) is 0 Å². The lowest BCUT2D eigenvalue weighted by Gasteiger charge is -2.24. The highest BCUT2D eigenvalue weighted by atomic mass is 16.3. The first-order valence-electron chi connectivity index (χ1n) is 7.19. The van der Waals surface area contributed by atoms with E-state index in [9.17, 15) is 0 Å². The molecule has 0 aliphatic carbocycles. The van der Waals surface area contributed by atoms with E-state index in [1.165, 1.54) is 16.7 Å². The second kappa shape index (κ2) is 7.22. The smallest absolute Gasteiger partial charge is 0.0578 e. The molecule has 2 aromatic carbocycles. The van der Waals surface area contributed by atoms with E-state index in [1.807, 2.05) is 6.07 Å². The second-order valence-corrected chi connectivity index (χ2v) is 5.33. The molecule has 0 radical (unpaired) electrons. The Bertz CT molecular complexity index is 507. The highest BCUT2D eigenvalue weighted by Gasteiger charge is 2.15. The number of benzene rings is 2. The second-order valence-electron chi connectivity index (χ2n) is 5.33. The Hall–Kier alpha value is -1.64. The van der Waals surface area contributed by atoms with Gasteiger partial charge in [0.2, 0.25) is 0 Å². The van der Waals surface area contributed by atoms with Gasteiger partial charge >= 0.3 is 0 Å². The molecule has 0 amide bonds. The van der Waals surface area contributed by atoms with Crippen molar-refractivity contribution >= 4 is 0 Å². The normalized spacial score (nSPS) is 13.9. The third kappa shape index (κ3) is 3.92. The quantitative estimate of drug-likeness (QED) is 0.842. The van der Waals surface area contributed by atoms with Crippen molar-refractivity contribution in [1.29, 1.82) is 0 Å². The van der Waals surface area contributed by atoms with Gasteiger partial charge in [0, 0.05) is 12.6 Å². The van der Waals surface area contributed by atoms with E-state index in [-0.39, 0.29) is 18.7 Å². The molecular weight excluding hydrogens is 246 g/mol. The van der Waals surface area contributed by atoms with Crippen molar-refractivity contribution < 1.29 is 5.11 Å². The van der Waals surface area contributed by atoms with Gasteiger partial charge in [0.15, 0.2) is 0 Å². The van der Waals surface area contributed by atoms with Gasteiger partial charge in [-0.1, -0.05) is 60.2 Å². The van der Waals surface area contributed by atoms with Gasteiger partial charge in [-0.2, -0.15) is 0 Å². The standard InChI is InChI=1S/C18H23NO/c1-14-8-10-17(11-9-14)18(19-15(2)12-13-20)16-6-4-3-5-7-16/h3-11,15,18-20H,12-13H2,1-2H3/t15-,18?/m1/s1. The lowest BCUT2D eigenvalue weighted by atomic mass is 9.97. The molecule has 0 aliphatic rings. The van der Waals surface area contributed by atoms with Gasteiger partial charge in [0.05, 0.1) is 6.04 Å². The SMILES string of the molecule is Cc1ccc(C(N[C@H](C)CCO)c2ccccc2)cc1. The minimum absolute atomic E-state index is 0.165. The van der Waals surface area contributed by atoms with Crippen molar-refractivity contribution in [1.82, 2.24) is 5.32 Å². The van der Waals surface area contributed by atoms with Crippen LogP contribution in [0.25, 0.3) is 0 Å². The fourth-order valence-electron chi connectivity index (χ4n) is 2.35. The summed E-state index contributed by atoms with van der Waals surface area (Å²) < 4.78 is 0. The number of aliphatic hydroxyl groups is 1. The summed E-state index contributed by atoms with van der Waals surface area (Å²) in [6.45, 7) is 4.42. The lowest BCUT2D eigenvalue weighted by molar-refractivity contribution is 0.266. The summed E-state index contributed by atoms with van der Waals surface area (Å²) in [5, 5.41) is 12.7. The van der Waals surface area contributed by atoms with Crippen LogP contribution in [0.2, 0.25) is 0 Å². The summed E-state index contributed by atoms with van der Waals surface area (Å²) in [7, 11) is 0. The highest BCUT2D eigenvalue weighted by Crippen LogP contribution is 2.23. The van der Waals surface area contributed by atoms with Gasteiger partial charge in [-0.3, -0.25) is 0 Å². The molecule has 2 rings (SSSR count). The molecule has 2 aromatic rings. The van der Waals surface area contributed by atoms with Crippen molar-refractivity contribution in [3.05, 3.63) is 71.3 Å². The molecular formula is C18H23NO. The van der Waals surface area contributed by atoms with Crippen LogP contribution in [0.4, 0.5) is 0 Å². The van der Waals surface area contributed by atoms with Crippen molar-refractivity contribution in [2.24, 2.45) is 0 Å². The van der Waals surface area contributed by atoms with E-state index in [1.54, 1.807) is 0 Å². The number of nitrogens with one attached hydrogen (secondary N) is 1. The van der Waals surface area contributed by atoms with Crippen molar-refractivity contribution in [2.75, 3.05) is 6.61 Å². The van der Waals surface area contributed by atoms with Crippen LogP contribution in [0.5, 0.6) is 0 Å². The Balaban J connectivity index is 2.26. The Morgan fingerprint density at radius 2 is 1.55 bits per heavy atom. The van der Waals surface area contributed by atoms with Gasteiger partial charge in [-0.05, 0) is 31.4 Å². The third-order valence-corrected chi connectivity index (χ3v) is 3.56. The number of aryl methyl sites for hydroxylation is 1.